The number of pyridine rings is 1. The molecular formula is C17H19N3O2. The molecule has 0 saturated carbocycles. The molecule has 1 amide bonds. The van der Waals surface area contributed by atoms with Crippen LogP contribution in [-0.2, 0) is 0 Å². The Morgan fingerprint density at radius 3 is 3.00 bits per heavy atom. The van der Waals surface area contributed by atoms with Crippen molar-refractivity contribution in [3.8, 4) is 0 Å². The van der Waals surface area contributed by atoms with Gasteiger partial charge in [-0.3, -0.25) is 9.59 Å². The number of rotatable bonds is 1. The molecule has 0 aliphatic carbocycles. The summed E-state index contributed by atoms with van der Waals surface area (Å²) in [5, 5.41) is 4.32. The first-order chi connectivity index (χ1) is 10.7. The molecule has 22 heavy (non-hydrogen) atoms. The summed E-state index contributed by atoms with van der Waals surface area (Å²) in [6.45, 7) is 2.59. The van der Waals surface area contributed by atoms with Crippen LogP contribution in [0.15, 0.2) is 35.1 Å². The first-order valence-electron chi connectivity index (χ1n) is 7.87. The van der Waals surface area contributed by atoms with Gasteiger partial charge in [-0.1, -0.05) is 18.2 Å². The molecule has 5 nitrogen and oxygen atoms in total. The van der Waals surface area contributed by atoms with E-state index in [9.17, 15) is 9.59 Å². The number of benzene rings is 1. The van der Waals surface area contributed by atoms with E-state index < -0.39 is 0 Å². The number of para-hydroxylation sites is 1. The van der Waals surface area contributed by atoms with Crippen molar-refractivity contribution >= 4 is 16.8 Å². The molecule has 2 aliphatic heterocycles. The molecule has 5 heteroatoms. The van der Waals surface area contributed by atoms with Crippen LogP contribution in [0.25, 0.3) is 10.9 Å². The fraction of sp³-hybridized carbons (Fsp3) is 0.412. The first-order valence-corrected chi connectivity index (χ1v) is 7.87. The van der Waals surface area contributed by atoms with Crippen molar-refractivity contribution in [2.45, 2.75) is 18.9 Å². The number of fused-ring (bicyclic) bond motifs is 2. The average molecular weight is 297 g/mol. The molecule has 2 atom stereocenters. The number of nitrogens with one attached hydrogen (secondary N) is 2. The van der Waals surface area contributed by atoms with Crippen molar-refractivity contribution in [1.82, 2.24) is 15.2 Å². The van der Waals surface area contributed by atoms with Gasteiger partial charge >= 0.3 is 0 Å². The Balaban J connectivity index is 1.69. The molecule has 1 aromatic heterocycles. The van der Waals surface area contributed by atoms with E-state index >= 15 is 0 Å². The summed E-state index contributed by atoms with van der Waals surface area (Å²) in [4.78, 5) is 29.4. The molecular weight excluding hydrogens is 278 g/mol. The van der Waals surface area contributed by atoms with E-state index in [0.29, 0.717) is 17.5 Å². The van der Waals surface area contributed by atoms with Crippen LogP contribution in [0, 0.1) is 5.92 Å². The number of piperidine rings is 1. The summed E-state index contributed by atoms with van der Waals surface area (Å²) >= 11 is 0. The molecule has 1 aromatic carbocycles. The van der Waals surface area contributed by atoms with Gasteiger partial charge in [0.1, 0.15) is 0 Å². The molecule has 2 N–H and O–H groups in total. The molecule has 0 spiro atoms. The molecule has 3 heterocycles. The summed E-state index contributed by atoms with van der Waals surface area (Å²) in [6, 6.07) is 9.47. The molecule has 2 saturated heterocycles. The summed E-state index contributed by atoms with van der Waals surface area (Å²) < 4.78 is 0. The summed E-state index contributed by atoms with van der Waals surface area (Å²) in [7, 11) is 0. The van der Waals surface area contributed by atoms with Gasteiger partial charge in [0.25, 0.3) is 5.91 Å². The standard InChI is InChI=1S/C17H19N3O2/c21-16-9-13(12-3-1-2-4-15(12)19-16)17(22)20-8-6-14-11(10-20)5-7-18-14/h1-4,9,11,14,18H,5-8,10H2,(H,19,21). The van der Waals surface area contributed by atoms with Crippen molar-refractivity contribution in [3.63, 3.8) is 0 Å². The topological polar surface area (TPSA) is 65.2 Å². The van der Waals surface area contributed by atoms with E-state index in [1.165, 1.54) is 6.07 Å². The van der Waals surface area contributed by atoms with Crippen molar-refractivity contribution in [3.05, 3.63) is 46.2 Å². The van der Waals surface area contributed by atoms with Crippen molar-refractivity contribution in [2.24, 2.45) is 5.92 Å². The van der Waals surface area contributed by atoms with Crippen LogP contribution >= 0.6 is 0 Å². The molecule has 2 aliphatic rings. The predicted molar refractivity (Wildman–Crippen MR) is 85.0 cm³/mol. The monoisotopic (exact) mass is 297 g/mol. The van der Waals surface area contributed by atoms with Gasteiger partial charge in [-0.15, -0.1) is 0 Å². The second-order valence-corrected chi connectivity index (χ2v) is 6.24. The minimum Gasteiger partial charge on any atom is -0.338 e. The van der Waals surface area contributed by atoms with Crippen molar-refractivity contribution in [1.29, 1.82) is 0 Å². The quantitative estimate of drug-likeness (QED) is 0.835. The smallest absolute Gasteiger partial charge is 0.254 e. The highest BCUT2D eigenvalue weighted by Crippen LogP contribution is 2.26. The maximum Gasteiger partial charge on any atom is 0.254 e. The SMILES string of the molecule is O=C(c1cc(=O)[nH]c2ccccc12)N1CCC2NCCC2C1. The van der Waals surface area contributed by atoms with Gasteiger partial charge < -0.3 is 15.2 Å². The van der Waals surface area contributed by atoms with Gasteiger partial charge in [0.05, 0.1) is 5.56 Å². The number of aromatic amines is 1. The Morgan fingerprint density at radius 2 is 2.09 bits per heavy atom. The second-order valence-electron chi connectivity index (χ2n) is 6.24. The van der Waals surface area contributed by atoms with E-state index in [4.69, 9.17) is 0 Å². The average Bonchev–Trinajstić information content (AvgIpc) is 3.00. The fourth-order valence-corrected chi connectivity index (χ4v) is 3.78. The summed E-state index contributed by atoms with van der Waals surface area (Å²) in [5.41, 5.74) is 1.01. The van der Waals surface area contributed by atoms with Crippen LogP contribution in [0.1, 0.15) is 23.2 Å². The Labute approximate surface area is 128 Å². The third kappa shape index (κ3) is 2.22. The van der Waals surface area contributed by atoms with Gasteiger partial charge in [0.2, 0.25) is 5.56 Å². The van der Waals surface area contributed by atoms with Gasteiger partial charge in [-0.25, -0.2) is 0 Å². The lowest BCUT2D eigenvalue weighted by Crippen LogP contribution is -2.47. The number of carbonyl (C=O) groups is 1. The molecule has 0 bridgehead atoms. The van der Waals surface area contributed by atoms with Crippen LogP contribution in [-0.4, -0.2) is 41.5 Å². The van der Waals surface area contributed by atoms with Crippen molar-refractivity contribution < 1.29 is 4.79 Å². The zero-order valence-corrected chi connectivity index (χ0v) is 12.3. The van der Waals surface area contributed by atoms with E-state index in [-0.39, 0.29) is 11.5 Å². The Kier molecular flexibility index (Phi) is 3.22. The number of amides is 1. The number of aromatic nitrogens is 1. The second kappa shape index (κ2) is 5.25. The minimum atomic E-state index is -0.223. The maximum absolute atomic E-state index is 12.9. The van der Waals surface area contributed by atoms with Gasteiger partial charge in [0.15, 0.2) is 0 Å². The Morgan fingerprint density at radius 1 is 1.23 bits per heavy atom. The third-order valence-electron chi connectivity index (χ3n) is 4.92. The zero-order valence-electron chi connectivity index (χ0n) is 12.3. The highest BCUT2D eigenvalue weighted by atomic mass is 16.2. The molecule has 2 unspecified atom stereocenters. The van der Waals surface area contributed by atoms with E-state index in [2.05, 4.69) is 10.3 Å². The molecule has 2 fully saturated rings. The molecule has 114 valence electrons. The number of carbonyl (C=O) groups excluding carboxylic acids is 1. The van der Waals surface area contributed by atoms with Crippen LogP contribution < -0.4 is 10.9 Å². The van der Waals surface area contributed by atoms with Crippen LogP contribution in [0.3, 0.4) is 0 Å². The van der Waals surface area contributed by atoms with Crippen LogP contribution in [0.5, 0.6) is 0 Å². The number of hydrogen-bond acceptors (Lipinski definition) is 3. The van der Waals surface area contributed by atoms with E-state index in [1.807, 2.05) is 29.2 Å². The fourth-order valence-electron chi connectivity index (χ4n) is 3.78. The minimum absolute atomic E-state index is 0.0207. The lowest BCUT2D eigenvalue weighted by atomic mass is 9.92. The van der Waals surface area contributed by atoms with Crippen molar-refractivity contribution in [2.75, 3.05) is 19.6 Å². The Bertz CT molecular complexity index is 783. The number of nitrogens with zero attached hydrogens (tertiary/aromatic N) is 1. The normalized spacial score (nSPS) is 24.5. The zero-order chi connectivity index (χ0) is 15.1. The van der Waals surface area contributed by atoms with Gasteiger partial charge in [-0.2, -0.15) is 0 Å². The Hall–Kier alpha value is -2.14. The van der Waals surface area contributed by atoms with E-state index in [1.54, 1.807) is 0 Å². The lowest BCUT2D eigenvalue weighted by Gasteiger charge is -2.35. The molecule has 2 aromatic rings. The maximum atomic E-state index is 12.9. The van der Waals surface area contributed by atoms with Gasteiger partial charge in [-0.05, 0) is 31.4 Å². The lowest BCUT2D eigenvalue weighted by molar-refractivity contribution is 0.0664. The highest BCUT2D eigenvalue weighted by molar-refractivity contribution is 6.05. The number of hydrogen-bond donors (Lipinski definition) is 2. The number of H-pyrrole nitrogens is 1. The first kappa shape index (κ1) is 13.5. The largest absolute Gasteiger partial charge is 0.338 e. The number of likely N-dealkylation sites (tertiary alicyclic amines) is 1. The van der Waals surface area contributed by atoms with Crippen LogP contribution in [0.4, 0.5) is 0 Å². The summed E-state index contributed by atoms with van der Waals surface area (Å²) in [5.74, 6) is 0.526. The highest BCUT2D eigenvalue weighted by Gasteiger charge is 2.34. The molecule has 0 radical (unpaired) electrons. The third-order valence-corrected chi connectivity index (χ3v) is 4.92. The van der Waals surface area contributed by atoms with Gasteiger partial charge in [0, 0.05) is 36.1 Å². The molecule has 4 rings (SSSR count). The van der Waals surface area contributed by atoms with Crippen LogP contribution in [0.2, 0.25) is 0 Å². The van der Waals surface area contributed by atoms with E-state index in [0.717, 1.165) is 43.4 Å². The summed E-state index contributed by atoms with van der Waals surface area (Å²) in [6.07, 6.45) is 2.13. The predicted octanol–water partition coefficient (Wildman–Crippen LogP) is 1.35.